The lowest BCUT2D eigenvalue weighted by Crippen LogP contribution is -3.06. The van der Waals surface area contributed by atoms with Crippen molar-refractivity contribution in [2.45, 2.75) is 38.6 Å². The van der Waals surface area contributed by atoms with Gasteiger partial charge in [-0.1, -0.05) is 6.07 Å². The second-order valence-electron chi connectivity index (χ2n) is 7.04. The van der Waals surface area contributed by atoms with Gasteiger partial charge in [0.05, 0.1) is 30.9 Å². The number of nitrogens with one attached hydrogen (secondary N) is 2. The van der Waals surface area contributed by atoms with Gasteiger partial charge in [-0.25, -0.2) is 9.97 Å². The van der Waals surface area contributed by atoms with Crippen molar-refractivity contribution < 1.29 is 4.90 Å². The number of aromatic nitrogens is 2. The average molecular weight is 374 g/mol. The molecule has 132 valence electrons. The van der Waals surface area contributed by atoms with Crippen LogP contribution in [0.3, 0.4) is 0 Å². The first kappa shape index (κ1) is 16.9. The highest BCUT2D eigenvalue weighted by atomic mass is 32.1. The summed E-state index contributed by atoms with van der Waals surface area (Å²) in [7, 11) is 4.44. The van der Waals surface area contributed by atoms with Crippen LogP contribution in [0.4, 0.5) is 5.82 Å². The van der Waals surface area contributed by atoms with E-state index < -0.39 is 0 Å². The largest absolute Gasteiger partial charge is 0.363 e. The van der Waals surface area contributed by atoms with Crippen LogP contribution >= 0.6 is 22.7 Å². The van der Waals surface area contributed by atoms with E-state index in [1.54, 1.807) is 0 Å². The number of hydrogen-bond donors (Lipinski definition) is 2. The van der Waals surface area contributed by atoms with E-state index >= 15 is 0 Å². The Bertz CT molecular complexity index is 867. The van der Waals surface area contributed by atoms with Gasteiger partial charge in [-0.15, -0.1) is 22.7 Å². The molecule has 0 amide bonds. The number of aryl methyl sites for hydroxylation is 3. The number of thiophene rings is 2. The Labute approximate surface area is 156 Å². The first-order chi connectivity index (χ1) is 12.1. The van der Waals surface area contributed by atoms with Crippen LogP contribution in [0.2, 0.25) is 0 Å². The third-order valence-electron chi connectivity index (χ3n) is 4.98. The maximum atomic E-state index is 4.77. The third-order valence-corrected chi connectivity index (χ3v) is 7.16. The summed E-state index contributed by atoms with van der Waals surface area (Å²) in [5.41, 5.74) is 1.50. The average Bonchev–Trinajstić information content (AvgIpc) is 3.21. The number of anilines is 1. The molecule has 0 radical (unpaired) electrons. The fraction of sp³-hybridized carbons (Fsp3) is 0.474. The van der Waals surface area contributed by atoms with Crippen molar-refractivity contribution in [1.82, 2.24) is 9.97 Å². The highest BCUT2D eigenvalue weighted by molar-refractivity contribution is 7.19. The second-order valence-corrected chi connectivity index (χ2v) is 9.10. The topological polar surface area (TPSA) is 42.2 Å². The zero-order valence-corrected chi connectivity index (χ0v) is 16.7. The van der Waals surface area contributed by atoms with Crippen LogP contribution in [0.5, 0.6) is 0 Å². The molecule has 3 aromatic heterocycles. The molecule has 1 aliphatic carbocycles. The quantitative estimate of drug-likeness (QED) is 0.721. The lowest BCUT2D eigenvalue weighted by Gasteiger charge is -2.21. The van der Waals surface area contributed by atoms with Gasteiger partial charge >= 0.3 is 0 Å². The minimum atomic E-state index is 0.430. The summed E-state index contributed by atoms with van der Waals surface area (Å²) in [6.07, 6.45) is 4.96. The number of quaternary nitrogens is 1. The van der Waals surface area contributed by atoms with E-state index in [0.717, 1.165) is 23.0 Å². The van der Waals surface area contributed by atoms with E-state index in [2.05, 4.69) is 36.9 Å². The van der Waals surface area contributed by atoms with Crippen molar-refractivity contribution in [2.75, 3.05) is 26.0 Å². The van der Waals surface area contributed by atoms with Crippen LogP contribution in [0.1, 0.15) is 40.0 Å². The van der Waals surface area contributed by atoms with Gasteiger partial charge in [0.2, 0.25) is 0 Å². The van der Waals surface area contributed by atoms with Crippen molar-refractivity contribution in [3.05, 3.63) is 38.7 Å². The molecular formula is C19H25N4S2+. The highest BCUT2D eigenvalue weighted by Crippen LogP contribution is 2.38. The van der Waals surface area contributed by atoms with Gasteiger partial charge < -0.3 is 10.2 Å². The van der Waals surface area contributed by atoms with Crippen LogP contribution in [0.25, 0.3) is 10.2 Å². The van der Waals surface area contributed by atoms with Crippen molar-refractivity contribution in [1.29, 1.82) is 0 Å². The Morgan fingerprint density at radius 2 is 2.08 bits per heavy atom. The van der Waals surface area contributed by atoms with Gasteiger partial charge in [-0.2, -0.15) is 0 Å². The molecular weight excluding hydrogens is 348 g/mol. The molecule has 0 aliphatic heterocycles. The summed E-state index contributed by atoms with van der Waals surface area (Å²) < 4.78 is 0. The smallest absolute Gasteiger partial charge is 0.139 e. The zero-order chi connectivity index (χ0) is 17.4. The lowest BCUT2D eigenvalue weighted by atomic mass is 9.97. The Hall–Kier alpha value is -1.50. The highest BCUT2D eigenvalue weighted by Gasteiger charge is 2.23. The van der Waals surface area contributed by atoms with E-state index in [9.17, 15) is 0 Å². The van der Waals surface area contributed by atoms with Crippen LogP contribution < -0.4 is 10.2 Å². The molecule has 25 heavy (non-hydrogen) atoms. The summed E-state index contributed by atoms with van der Waals surface area (Å²) in [6, 6.07) is 4.80. The maximum Gasteiger partial charge on any atom is 0.139 e. The van der Waals surface area contributed by atoms with E-state index in [0.29, 0.717) is 6.04 Å². The molecule has 4 nitrogen and oxygen atoms in total. The summed E-state index contributed by atoms with van der Waals surface area (Å²) in [5, 5.41) is 7.12. The SMILES string of the molecule is Cc1nc(NC[C@H](c2cccs2)[NH+](C)C)c2c3c(sc2n1)CCCC3. The standard InChI is InChI=1S/C19H24N4S2/c1-12-21-18(20-11-14(23(2)3)16-9-6-10-24-16)17-13-7-4-5-8-15(13)25-19(17)22-12/h6,9-10,14H,4-5,7-8,11H2,1-3H3,(H,20,21,22)/p+1/t14-/m1/s1. The summed E-state index contributed by atoms with van der Waals surface area (Å²) >= 11 is 3.71. The molecule has 2 N–H and O–H groups in total. The summed E-state index contributed by atoms with van der Waals surface area (Å²) in [5.74, 6) is 1.89. The van der Waals surface area contributed by atoms with Gasteiger partial charge in [0, 0.05) is 4.88 Å². The molecule has 0 saturated heterocycles. The molecule has 0 unspecified atom stereocenters. The van der Waals surface area contributed by atoms with Gasteiger partial charge in [0.15, 0.2) is 0 Å². The van der Waals surface area contributed by atoms with Gasteiger partial charge in [0.25, 0.3) is 0 Å². The van der Waals surface area contributed by atoms with E-state index in [-0.39, 0.29) is 0 Å². The van der Waals surface area contributed by atoms with Crippen molar-refractivity contribution >= 4 is 38.7 Å². The van der Waals surface area contributed by atoms with E-state index in [4.69, 9.17) is 9.97 Å². The van der Waals surface area contributed by atoms with Crippen LogP contribution in [0.15, 0.2) is 17.5 Å². The molecule has 3 aromatic rings. The van der Waals surface area contributed by atoms with Crippen LogP contribution in [0, 0.1) is 6.92 Å². The molecule has 0 saturated carbocycles. The fourth-order valence-corrected chi connectivity index (χ4v) is 5.93. The van der Waals surface area contributed by atoms with E-state index in [1.165, 1.54) is 51.3 Å². The third kappa shape index (κ3) is 3.30. The van der Waals surface area contributed by atoms with Crippen LogP contribution in [-0.2, 0) is 12.8 Å². The minimum absolute atomic E-state index is 0.430. The van der Waals surface area contributed by atoms with Crippen molar-refractivity contribution in [3.63, 3.8) is 0 Å². The predicted molar refractivity (Wildman–Crippen MR) is 107 cm³/mol. The van der Waals surface area contributed by atoms with E-state index in [1.807, 2.05) is 29.6 Å². The number of nitrogens with zero attached hydrogens (tertiary/aromatic N) is 2. The molecule has 1 aliphatic rings. The van der Waals surface area contributed by atoms with Crippen LogP contribution in [-0.4, -0.2) is 30.6 Å². The molecule has 4 rings (SSSR count). The van der Waals surface area contributed by atoms with Crippen molar-refractivity contribution in [2.24, 2.45) is 0 Å². The Morgan fingerprint density at radius 1 is 1.24 bits per heavy atom. The fourth-order valence-electron chi connectivity index (χ4n) is 3.67. The lowest BCUT2D eigenvalue weighted by molar-refractivity contribution is -0.889. The minimum Gasteiger partial charge on any atom is -0.363 e. The predicted octanol–water partition coefficient (Wildman–Crippen LogP) is 3.24. The summed E-state index contributed by atoms with van der Waals surface area (Å²) in [6.45, 7) is 2.89. The molecule has 0 spiro atoms. The van der Waals surface area contributed by atoms with Gasteiger partial charge in [0.1, 0.15) is 22.5 Å². The first-order valence-electron chi connectivity index (χ1n) is 8.99. The van der Waals surface area contributed by atoms with Gasteiger partial charge in [-0.3, -0.25) is 0 Å². The monoisotopic (exact) mass is 373 g/mol. The Morgan fingerprint density at radius 3 is 2.84 bits per heavy atom. The number of fused-ring (bicyclic) bond motifs is 3. The Balaban J connectivity index is 1.68. The number of hydrogen-bond acceptors (Lipinski definition) is 5. The first-order valence-corrected chi connectivity index (χ1v) is 10.7. The Kier molecular flexibility index (Phi) is 4.75. The maximum absolute atomic E-state index is 4.77. The second kappa shape index (κ2) is 7.02. The zero-order valence-electron chi connectivity index (χ0n) is 15.1. The summed E-state index contributed by atoms with van der Waals surface area (Å²) in [4.78, 5) is 15.0. The molecule has 6 heteroatoms. The normalized spacial score (nSPS) is 15.5. The molecule has 0 fully saturated rings. The van der Waals surface area contributed by atoms with Gasteiger partial charge in [-0.05, 0) is 49.6 Å². The molecule has 3 heterocycles. The molecule has 1 atom stereocenters. The number of likely N-dealkylation sites (N-methyl/N-ethyl adjacent to an activating group) is 1. The molecule has 0 aromatic carbocycles. The number of rotatable bonds is 5. The van der Waals surface area contributed by atoms with Crippen molar-refractivity contribution in [3.8, 4) is 0 Å². The molecule has 0 bridgehead atoms.